The van der Waals surface area contributed by atoms with Crippen LogP contribution in [0.4, 0.5) is 4.39 Å². The van der Waals surface area contributed by atoms with Crippen molar-refractivity contribution >= 4 is 27.6 Å². The van der Waals surface area contributed by atoms with Gasteiger partial charge in [0.15, 0.2) is 0 Å². The lowest BCUT2D eigenvalue weighted by atomic mass is 10.1. The Morgan fingerprint density at radius 1 is 1.21 bits per heavy atom. The molecule has 2 aromatic carbocycles. The van der Waals surface area contributed by atoms with Gasteiger partial charge in [-0.1, -0.05) is 23.7 Å². The van der Waals surface area contributed by atoms with E-state index in [9.17, 15) is 17.6 Å². The maximum Gasteiger partial charge on any atom is 0.338 e. The summed E-state index contributed by atoms with van der Waals surface area (Å²) < 4.78 is 44.7. The number of carbonyl (C=O) groups is 1. The van der Waals surface area contributed by atoms with Crippen LogP contribution < -0.4 is 4.72 Å². The summed E-state index contributed by atoms with van der Waals surface area (Å²) in [4.78, 5) is 11.4. The van der Waals surface area contributed by atoms with Gasteiger partial charge in [0.2, 0.25) is 10.0 Å². The second-order valence-electron chi connectivity index (χ2n) is 4.82. The van der Waals surface area contributed by atoms with E-state index >= 15 is 0 Å². The lowest BCUT2D eigenvalue weighted by Crippen LogP contribution is -2.23. The van der Waals surface area contributed by atoms with Gasteiger partial charge >= 0.3 is 5.97 Å². The minimum absolute atomic E-state index is 0.0143. The molecule has 24 heavy (non-hydrogen) atoms. The fourth-order valence-electron chi connectivity index (χ4n) is 1.88. The Morgan fingerprint density at radius 3 is 2.46 bits per heavy atom. The van der Waals surface area contributed by atoms with E-state index in [0.29, 0.717) is 11.1 Å². The maximum atomic E-state index is 13.1. The first-order valence-corrected chi connectivity index (χ1v) is 8.90. The van der Waals surface area contributed by atoms with Gasteiger partial charge in [-0.25, -0.2) is 22.3 Å². The zero-order valence-electron chi connectivity index (χ0n) is 12.8. The number of ether oxygens (including phenoxy) is 1. The monoisotopic (exact) mass is 371 g/mol. The van der Waals surface area contributed by atoms with Crippen LogP contribution in [-0.4, -0.2) is 21.0 Å². The van der Waals surface area contributed by atoms with Crippen molar-refractivity contribution in [1.82, 2.24) is 4.72 Å². The van der Waals surface area contributed by atoms with E-state index in [4.69, 9.17) is 16.3 Å². The zero-order valence-corrected chi connectivity index (χ0v) is 14.3. The Labute approximate surface area is 144 Å². The molecule has 0 aliphatic rings. The molecule has 8 heteroatoms. The molecule has 2 rings (SSSR count). The summed E-state index contributed by atoms with van der Waals surface area (Å²) in [6.07, 6.45) is 0. The van der Waals surface area contributed by atoms with Gasteiger partial charge in [-0.15, -0.1) is 0 Å². The number of nitrogens with one attached hydrogen (secondary N) is 1. The van der Waals surface area contributed by atoms with Crippen molar-refractivity contribution in [2.75, 3.05) is 6.61 Å². The van der Waals surface area contributed by atoms with Crippen LogP contribution in [0.2, 0.25) is 5.02 Å². The average Bonchev–Trinajstić information content (AvgIpc) is 2.56. The molecule has 0 aromatic heterocycles. The number of carbonyl (C=O) groups excluding carboxylic acids is 1. The number of esters is 1. The SMILES string of the molecule is CCOC(=O)c1ccc(CNS(=O)(=O)c2ccc(F)c(Cl)c2)cc1. The Hall–Kier alpha value is -1.96. The zero-order chi connectivity index (χ0) is 17.7. The molecular weight excluding hydrogens is 357 g/mol. The number of benzene rings is 2. The molecule has 0 fully saturated rings. The van der Waals surface area contributed by atoms with Gasteiger partial charge in [0.1, 0.15) is 5.82 Å². The summed E-state index contributed by atoms with van der Waals surface area (Å²) in [5.74, 6) is -1.13. The molecular formula is C16H15ClFNO4S. The van der Waals surface area contributed by atoms with Crippen molar-refractivity contribution in [3.8, 4) is 0 Å². The fourth-order valence-corrected chi connectivity index (χ4v) is 3.17. The van der Waals surface area contributed by atoms with Crippen molar-refractivity contribution in [2.24, 2.45) is 0 Å². The Morgan fingerprint density at radius 2 is 1.88 bits per heavy atom. The largest absolute Gasteiger partial charge is 0.462 e. The first-order valence-electron chi connectivity index (χ1n) is 7.04. The summed E-state index contributed by atoms with van der Waals surface area (Å²) in [6, 6.07) is 9.51. The predicted octanol–water partition coefficient (Wildman–Crippen LogP) is 3.13. The van der Waals surface area contributed by atoms with E-state index in [0.717, 1.165) is 18.2 Å². The topological polar surface area (TPSA) is 72.5 Å². The van der Waals surface area contributed by atoms with Crippen molar-refractivity contribution < 1.29 is 22.3 Å². The number of sulfonamides is 1. The quantitative estimate of drug-likeness (QED) is 0.792. The van der Waals surface area contributed by atoms with Gasteiger partial charge in [-0.3, -0.25) is 0 Å². The van der Waals surface area contributed by atoms with Crippen molar-refractivity contribution in [2.45, 2.75) is 18.4 Å². The molecule has 0 atom stereocenters. The smallest absolute Gasteiger partial charge is 0.338 e. The lowest BCUT2D eigenvalue weighted by molar-refractivity contribution is 0.0526. The molecule has 5 nitrogen and oxygen atoms in total. The van der Waals surface area contributed by atoms with Gasteiger partial charge < -0.3 is 4.74 Å². The summed E-state index contributed by atoms with van der Waals surface area (Å²) in [6.45, 7) is 2.00. The highest BCUT2D eigenvalue weighted by atomic mass is 35.5. The first kappa shape index (κ1) is 18.4. The van der Waals surface area contributed by atoms with Gasteiger partial charge in [-0.2, -0.15) is 0 Å². The summed E-state index contributed by atoms with van der Waals surface area (Å²) in [7, 11) is -3.83. The molecule has 0 bridgehead atoms. The molecule has 0 amide bonds. The normalized spacial score (nSPS) is 11.3. The second kappa shape index (κ2) is 7.74. The summed E-state index contributed by atoms with van der Waals surface area (Å²) in [5, 5.41) is -0.267. The van der Waals surface area contributed by atoms with E-state index < -0.39 is 21.8 Å². The van der Waals surface area contributed by atoms with Crippen LogP contribution in [0.25, 0.3) is 0 Å². The molecule has 0 saturated carbocycles. The second-order valence-corrected chi connectivity index (χ2v) is 6.99. The highest BCUT2D eigenvalue weighted by Crippen LogP contribution is 2.19. The van der Waals surface area contributed by atoms with E-state index in [-0.39, 0.29) is 23.1 Å². The van der Waals surface area contributed by atoms with Crippen LogP contribution in [0.5, 0.6) is 0 Å². The summed E-state index contributed by atoms with van der Waals surface area (Å²) >= 11 is 5.60. The molecule has 0 heterocycles. The molecule has 0 unspecified atom stereocenters. The van der Waals surface area contributed by atoms with Gasteiger partial charge in [0, 0.05) is 6.54 Å². The molecule has 0 spiro atoms. The Kier molecular flexibility index (Phi) is 5.93. The van der Waals surface area contributed by atoms with Crippen LogP contribution in [0.1, 0.15) is 22.8 Å². The van der Waals surface area contributed by atoms with Crippen molar-refractivity contribution in [3.05, 3.63) is 64.4 Å². The van der Waals surface area contributed by atoms with Gasteiger partial charge in [0.05, 0.1) is 22.1 Å². The van der Waals surface area contributed by atoms with Crippen LogP contribution in [0, 0.1) is 5.82 Å². The highest BCUT2D eigenvalue weighted by molar-refractivity contribution is 7.89. The summed E-state index contributed by atoms with van der Waals surface area (Å²) in [5.41, 5.74) is 1.04. The molecule has 0 aliphatic carbocycles. The molecule has 2 aromatic rings. The van der Waals surface area contributed by atoms with E-state index in [1.54, 1.807) is 31.2 Å². The third-order valence-electron chi connectivity index (χ3n) is 3.13. The first-order chi connectivity index (χ1) is 11.3. The fraction of sp³-hybridized carbons (Fsp3) is 0.188. The number of rotatable bonds is 6. The minimum Gasteiger partial charge on any atom is -0.462 e. The molecule has 128 valence electrons. The van der Waals surface area contributed by atoms with Crippen LogP contribution in [0.3, 0.4) is 0 Å². The maximum absolute atomic E-state index is 13.1. The highest BCUT2D eigenvalue weighted by Gasteiger charge is 2.15. The number of halogens is 2. The Bertz CT molecular complexity index is 838. The van der Waals surface area contributed by atoms with Gasteiger partial charge in [0.25, 0.3) is 0 Å². The lowest BCUT2D eigenvalue weighted by Gasteiger charge is -2.08. The van der Waals surface area contributed by atoms with E-state index in [1.807, 2.05) is 0 Å². The average molecular weight is 372 g/mol. The van der Waals surface area contributed by atoms with E-state index in [2.05, 4.69) is 4.72 Å². The van der Waals surface area contributed by atoms with Crippen molar-refractivity contribution in [3.63, 3.8) is 0 Å². The molecule has 1 N–H and O–H groups in total. The molecule has 0 radical (unpaired) electrons. The van der Waals surface area contributed by atoms with Crippen LogP contribution in [-0.2, 0) is 21.3 Å². The minimum atomic E-state index is -3.83. The predicted molar refractivity (Wildman–Crippen MR) is 87.8 cm³/mol. The van der Waals surface area contributed by atoms with Crippen LogP contribution in [0.15, 0.2) is 47.4 Å². The third kappa shape index (κ3) is 4.53. The number of hydrogen-bond donors (Lipinski definition) is 1. The van der Waals surface area contributed by atoms with Crippen molar-refractivity contribution in [1.29, 1.82) is 0 Å². The van der Waals surface area contributed by atoms with E-state index in [1.165, 1.54) is 0 Å². The molecule has 0 saturated heterocycles. The number of hydrogen-bond acceptors (Lipinski definition) is 4. The van der Waals surface area contributed by atoms with Crippen LogP contribution >= 0.6 is 11.6 Å². The van der Waals surface area contributed by atoms with Gasteiger partial charge in [-0.05, 0) is 42.8 Å². The molecule has 0 aliphatic heterocycles. The standard InChI is InChI=1S/C16H15ClFNO4S/c1-2-23-16(20)12-5-3-11(4-6-12)10-19-24(21,22)13-7-8-15(18)14(17)9-13/h3-9,19H,2,10H2,1H3. The third-order valence-corrected chi connectivity index (χ3v) is 4.82. The Balaban J connectivity index is 2.06.